The summed E-state index contributed by atoms with van der Waals surface area (Å²) in [6.45, 7) is -0.290. The summed E-state index contributed by atoms with van der Waals surface area (Å²) >= 11 is 2.70. The first-order valence-corrected chi connectivity index (χ1v) is 12.5. The molecule has 0 unspecified atom stereocenters. The molecule has 1 saturated heterocycles. The van der Waals surface area contributed by atoms with E-state index < -0.39 is 11.7 Å². The maximum Gasteiger partial charge on any atom is 0.261 e. The minimum atomic E-state index is -0.540. The average Bonchev–Trinajstić information content (AvgIpc) is 3.50. The largest absolute Gasteiger partial charge is 0.286 e. The van der Waals surface area contributed by atoms with Crippen LogP contribution in [0.2, 0.25) is 0 Å². The third-order valence-corrected chi connectivity index (χ3v) is 6.97. The highest BCUT2D eigenvalue weighted by molar-refractivity contribution is 8.15. The van der Waals surface area contributed by atoms with Gasteiger partial charge in [-0.3, -0.25) is 23.9 Å². The number of carbonyl (C=O) groups excluding carboxylic acids is 2. The number of anilines is 1. The van der Waals surface area contributed by atoms with Crippen molar-refractivity contribution < 1.29 is 14.0 Å². The van der Waals surface area contributed by atoms with Gasteiger partial charge in [0.15, 0.2) is 5.17 Å². The maximum absolute atomic E-state index is 13.3. The van der Waals surface area contributed by atoms with E-state index in [9.17, 15) is 18.8 Å². The van der Waals surface area contributed by atoms with Crippen LogP contribution in [0.5, 0.6) is 0 Å². The van der Waals surface area contributed by atoms with E-state index in [2.05, 4.69) is 15.5 Å². The van der Waals surface area contributed by atoms with Gasteiger partial charge in [0.1, 0.15) is 18.2 Å². The molecule has 0 spiro atoms. The number of carbonyl (C=O) groups is 2. The van der Waals surface area contributed by atoms with Crippen molar-refractivity contribution in [2.24, 2.45) is 5.10 Å². The van der Waals surface area contributed by atoms with E-state index >= 15 is 0 Å². The molecule has 1 N–H and O–H groups in total. The first-order valence-electron chi connectivity index (χ1n) is 10.6. The van der Waals surface area contributed by atoms with Crippen LogP contribution in [0, 0.1) is 5.82 Å². The fourth-order valence-electron chi connectivity index (χ4n) is 3.67. The van der Waals surface area contributed by atoms with Crippen molar-refractivity contribution in [3.8, 4) is 0 Å². The molecule has 2 aromatic carbocycles. The standard InChI is InChI=1S/C24H18FN5O3S2/c25-16-5-7-17(8-6-16)30-22(32)14-35-24(30)28-27-21(31)12-29-20(11-15-9-10-34-13-15)26-19-4-2-1-3-18(19)23(29)33/h1-10,13H,11-12,14H2,(H,27,31). The highest BCUT2D eigenvalue weighted by Crippen LogP contribution is 2.26. The third-order valence-electron chi connectivity index (χ3n) is 5.31. The summed E-state index contributed by atoms with van der Waals surface area (Å²) in [6.07, 6.45) is 0.397. The second-order valence-electron chi connectivity index (χ2n) is 7.67. The number of hydrogen-bond donors (Lipinski definition) is 1. The van der Waals surface area contributed by atoms with E-state index in [0.717, 1.165) is 17.3 Å². The Bertz CT molecular complexity index is 1500. The molecule has 0 saturated carbocycles. The number of thiophene rings is 1. The number of thioether (sulfide) groups is 1. The predicted octanol–water partition coefficient (Wildman–Crippen LogP) is 3.36. The molecular formula is C24H18FN5O3S2. The number of amides is 2. The fourth-order valence-corrected chi connectivity index (χ4v) is 5.16. The molecule has 2 amide bonds. The SMILES string of the molecule is O=C(Cn1c(Cc2ccsc2)nc2ccccc2c1=O)NN=C1SCC(=O)N1c1ccc(F)cc1. The second kappa shape index (κ2) is 9.80. The lowest BCUT2D eigenvalue weighted by Gasteiger charge is -2.16. The summed E-state index contributed by atoms with van der Waals surface area (Å²) in [6, 6.07) is 14.4. The van der Waals surface area contributed by atoms with Crippen molar-refractivity contribution in [3.63, 3.8) is 0 Å². The quantitative estimate of drug-likeness (QED) is 0.404. The monoisotopic (exact) mass is 507 g/mol. The van der Waals surface area contributed by atoms with Gasteiger partial charge in [0.25, 0.3) is 11.5 Å². The van der Waals surface area contributed by atoms with Gasteiger partial charge in [-0.15, -0.1) is 5.10 Å². The Balaban J connectivity index is 1.41. The van der Waals surface area contributed by atoms with Gasteiger partial charge >= 0.3 is 0 Å². The number of fused-ring (bicyclic) bond motifs is 1. The number of benzene rings is 2. The highest BCUT2D eigenvalue weighted by atomic mass is 32.2. The molecule has 35 heavy (non-hydrogen) atoms. The van der Waals surface area contributed by atoms with Gasteiger partial charge in [-0.25, -0.2) is 14.8 Å². The van der Waals surface area contributed by atoms with E-state index in [1.54, 1.807) is 29.5 Å². The van der Waals surface area contributed by atoms with Crippen LogP contribution >= 0.6 is 23.1 Å². The fraction of sp³-hybridized carbons (Fsp3) is 0.125. The Labute approximate surface area is 207 Å². The van der Waals surface area contributed by atoms with Crippen molar-refractivity contribution in [1.29, 1.82) is 0 Å². The van der Waals surface area contributed by atoms with Crippen LogP contribution in [0.15, 0.2) is 75.3 Å². The maximum atomic E-state index is 13.3. The number of nitrogens with zero attached hydrogens (tertiary/aromatic N) is 4. The zero-order valence-electron chi connectivity index (χ0n) is 18.2. The molecule has 0 aliphatic carbocycles. The van der Waals surface area contributed by atoms with Gasteiger partial charge in [0.05, 0.1) is 22.3 Å². The van der Waals surface area contributed by atoms with Crippen molar-refractivity contribution >= 4 is 56.7 Å². The molecule has 4 aromatic rings. The smallest absolute Gasteiger partial charge is 0.261 e. The molecule has 1 fully saturated rings. The average molecular weight is 508 g/mol. The van der Waals surface area contributed by atoms with Crippen LogP contribution in [0.4, 0.5) is 10.1 Å². The van der Waals surface area contributed by atoms with Gasteiger partial charge in [-0.2, -0.15) is 11.3 Å². The lowest BCUT2D eigenvalue weighted by molar-refractivity contribution is -0.121. The van der Waals surface area contributed by atoms with Crippen LogP contribution in [0.1, 0.15) is 11.4 Å². The van der Waals surface area contributed by atoms with Crippen LogP contribution < -0.4 is 15.9 Å². The molecule has 5 rings (SSSR count). The summed E-state index contributed by atoms with van der Waals surface area (Å²) < 4.78 is 14.6. The zero-order chi connectivity index (χ0) is 24.4. The van der Waals surface area contributed by atoms with Crippen LogP contribution in [0.3, 0.4) is 0 Å². The van der Waals surface area contributed by atoms with Crippen molar-refractivity contribution in [2.75, 3.05) is 10.7 Å². The van der Waals surface area contributed by atoms with Gasteiger partial charge in [0, 0.05) is 6.42 Å². The van der Waals surface area contributed by atoms with Gasteiger partial charge in [-0.05, 0) is 58.8 Å². The first-order chi connectivity index (χ1) is 17.0. The van der Waals surface area contributed by atoms with Crippen molar-refractivity contribution in [2.45, 2.75) is 13.0 Å². The van der Waals surface area contributed by atoms with Gasteiger partial charge < -0.3 is 0 Å². The summed E-state index contributed by atoms with van der Waals surface area (Å²) in [7, 11) is 0. The number of nitrogens with one attached hydrogen (secondary N) is 1. The van der Waals surface area contributed by atoms with E-state index in [0.29, 0.717) is 28.8 Å². The molecule has 11 heteroatoms. The lowest BCUT2D eigenvalue weighted by atomic mass is 10.2. The van der Waals surface area contributed by atoms with Gasteiger partial charge in [-0.1, -0.05) is 23.9 Å². The Hall–Kier alpha value is -3.83. The number of para-hydroxylation sites is 1. The van der Waals surface area contributed by atoms with Gasteiger partial charge in [0.2, 0.25) is 5.91 Å². The summed E-state index contributed by atoms with van der Waals surface area (Å²) in [4.78, 5) is 44.3. The lowest BCUT2D eigenvalue weighted by Crippen LogP contribution is -2.35. The summed E-state index contributed by atoms with van der Waals surface area (Å²) in [5.74, 6) is -0.587. The Morgan fingerprint density at radius 2 is 1.91 bits per heavy atom. The van der Waals surface area contributed by atoms with E-state index in [-0.39, 0.29) is 28.9 Å². The van der Waals surface area contributed by atoms with E-state index in [4.69, 9.17) is 0 Å². The number of hydrogen-bond acceptors (Lipinski definition) is 7. The number of aromatic nitrogens is 2. The highest BCUT2D eigenvalue weighted by Gasteiger charge is 2.30. The molecule has 2 aromatic heterocycles. The van der Waals surface area contributed by atoms with Crippen molar-refractivity contribution in [1.82, 2.24) is 15.0 Å². The molecular weight excluding hydrogens is 489 g/mol. The summed E-state index contributed by atoms with van der Waals surface area (Å²) in [5.41, 5.74) is 4.12. The first kappa shape index (κ1) is 22.9. The molecule has 3 heterocycles. The number of hydrazone groups is 1. The molecule has 0 radical (unpaired) electrons. The Morgan fingerprint density at radius 1 is 1.11 bits per heavy atom. The summed E-state index contributed by atoms with van der Waals surface area (Å²) in [5, 5.41) is 8.69. The second-order valence-corrected chi connectivity index (χ2v) is 9.39. The van der Waals surface area contributed by atoms with E-state index in [1.807, 2.05) is 22.9 Å². The Kier molecular flexibility index (Phi) is 6.43. The zero-order valence-corrected chi connectivity index (χ0v) is 19.8. The van der Waals surface area contributed by atoms with E-state index in [1.165, 1.54) is 33.7 Å². The minimum Gasteiger partial charge on any atom is -0.286 e. The number of amidine groups is 1. The molecule has 0 bridgehead atoms. The topological polar surface area (TPSA) is 96.7 Å². The molecule has 1 aliphatic rings. The third kappa shape index (κ3) is 4.86. The Morgan fingerprint density at radius 3 is 2.69 bits per heavy atom. The normalized spacial score (nSPS) is 14.7. The van der Waals surface area contributed by atoms with Crippen molar-refractivity contribution in [3.05, 3.63) is 92.9 Å². The molecule has 176 valence electrons. The molecule has 0 atom stereocenters. The minimum absolute atomic E-state index is 0.144. The number of halogens is 1. The molecule has 1 aliphatic heterocycles. The van der Waals surface area contributed by atoms with Crippen LogP contribution in [0.25, 0.3) is 10.9 Å². The number of rotatable bonds is 6. The predicted molar refractivity (Wildman–Crippen MR) is 135 cm³/mol. The molecule has 8 nitrogen and oxygen atoms in total. The van der Waals surface area contributed by atoms with Crippen LogP contribution in [-0.2, 0) is 22.6 Å². The van der Waals surface area contributed by atoms with Crippen LogP contribution in [-0.4, -0.2) is 32.3 Å².